The number of fused-ring (bicyclic) bond motifs is 1. The van der Waals surface area contributed by atoms with Crippen molar-refractivity contribution in [2.75, 3.05) is 0 Å². The molecule has 2 aromatic heterocycles. The van der Waals surface area contributed by atoms with E-state index in [1.807, 2.05) is 30.7 Å². The predicted octanol–water partition coefficient (Wildman–Crippen LogP) is 6.16. The first-order valence-corrected chi connectivity index (χ1v) is 9.30. The molecule has 0 spiro atoms. The van der Waals surface area contributed by atoms with Gasteiger partial charge in [-0.3, -0.25) is 0 Å². The number of hydrogen-bond acceptors (Lipinski definition) is 1. The van der Waals surface area contributed by atoms with Crippen molar-refractivity contribution in [3.63, 3.8) is 0 Å². The number of nitrogens with zero attached hydrogens (tertiary/aromatic N) is 2. The Kier molecular flexibility index (Phi) is 4.51. The molecule has 1 fully saturated rings. The second-order valence-electron chi connectivity index (χ2n) is 6.83. The van der Waals surface area contributed by atoms with Gasteiger partial charge in [0.05, 0.1) is 18.0 Å². The number of halogens is 2. The van der Waals surface area contributed by atoms with Crippen LogP contribution in [0, 0.1) is 5.92 Å². The molecular weight excluding hydrogens is 339 g/mol. The SMILES string of the molecule is Clc1ccc(C2CCC(Cc3cc(Cl)cc4cncn34)CC2)cc1. The highest BCUT2D eigenvalue weighted by atomic mass is 35.5. The molecule has 1 aliphatic carbocycles. The maximum atomic E-state index is 6.26. The second kappa shape index (κ2) is 6.78. The molecular formula is C20H20Cl2N2. The van der Waals surface area contributed by atoms with Gasteiger partial charge in [-0.15, -0.1) is 0 Å². The average molecular weight is 359 g/mol. The van der Waals surface area contributed by atoms with E-state index in [4.69, 9.17) is 23.2 Å². The van der Waals surface area contributed by atoms with Crippen LogP contribution in [0.2, 0.25) is 10.0 Å². The van der Waals surface area contributed by atoms with Gasteiger partial charge in [0.1, 0.15) is 0 Å². The fourth-order valence-corrected chi connectivity index (χ4v) is 4.32. The lowest BCUT2D eigenvalue weighted by Crippen LogP contribution is -2.16. The minimum absolute atomic E-state index is 0.672. The van der Waals surface area contributed by atoms with Crippen LogP contribution in [0.4, 0.5) is 0 Å². The van der Waals surface area contributed by atoms with E-state index in [1.54, 1.807) is 0 Å². The van der Waals surface area contributed by atoms with Crippen LogP contribution >= 0.6 is 23.2 Å². The van der Waals surface area contributed by atoms with Gasteiger partial charge in [-0.1, -0.05) is 35.3 Å². The van der Waals surface area contributed by atoms with E-state index in [0.29, 0.717) is 5.92 Å². The Balaban J connectivity index is 1.44. The van der Waals surface area contributed by atoms with Gasteiger partial charge in [-0.25, -0.2) is 4.98 Å². The molecule has 0 N–H and O–H groups in total. The summed E-state index contributed by atoms with van der Waals surface area (Å²) in [4.78, 5) is 4.25. The first-order chi connectivity index (χ1) is 11.7. The van der Waals surface area contributed by atoms with E-state index in [9.17, 15) is 0 Å². The van der Waals surface area contributed by atoms with Crippen LogP contribution in [-0.2, 0) is 6.42 Å². The third-order valence-electron chi connectivity index (χ3n) is 5.25. The predicted molar refractivity (Wildman–Crippen MR) is 100 cm³/mol. The van der Waals surface area contributed by atoms with Crippen molar-refractivity contribution in [3.05, 3.63) is 70.2 Å². The van der Waals surface area contributed by atoms with Crippen LogP contribution < -0.4 is 0 Å². The van der Waals surface area contributed by atoms with Gasteiger partial charge in [0, 0.05) is 15.7 Å². The smallest absolute Gasteiger partial charge is 0.0994 e. The molecule has 2 nitrogen and oxygen atoms in total. The molecule has 0 saturated heterocycles. The Bertz CT molecular complexity index is 830. The summed E-state index contributed by atoms with van der Waals surface area (Å²) in [6.45, 7) is 0. The Morgan fingerprint density at radius 3 is 2.46 bits per heavy atom. The highest BCUT2D eigenvalue weighted by molar-refractivity contribution is 6.31. The molecule has 124 valence electrons. The fraction of sp³-hybridized carbons (Fsp3) is 0.350. The quantitative estimate of drug-likeness (QED) is 0.548. The van der Waals surface area contributed by atoms with E-state index in [0.717, 1.165) is 27.9 Å². The van der Waals surface area contributed by atoms with Crippen LogP contribution in [0.25, 0.3) is 5.52 Å². The van der Waals surface area contributed by atoms with E-state index in [1.165, 1.54) is 36.9 Å². The van der Waals surface area contributed by atoms with Gasteiger partial charge < -0.3 is 4.40 Å². The summed E-state index contributed by atoms with van der Waals surface area (Å²) < 4.78 is 2.16. The van der Waals surface area contributed by atoms with Crippen LogP contribution in [-0.4, -0.2) is 9.38 Å². The highest BCUT2D eigenvalue weighted by Crippen LogP contribution is 2.37. The lowest BCUT2D eigenvalue weighted by atomic mass is 9.77. The Morgan fingerprint density at radius 1 is 0.958 bits per heavy atom. The van der Waals surface area contributed by atoms with Crippen LogP contribution in [0.1, 0.15) is 42.9 Å². The van der Waals surface area contributed by atoms with E-state index in [-0.39, 0.29) is 0 Å². The minimum Gasteiger partial charge on any atom is -0.303 e. The molecule has 1 aromatic carbocycles. The van der Waals surface area contributed by atoms with Crippen molar-refractivity contribution in [1.82, 2.24) is 9.38 Å². The van der Waals surface area contributed by atoms with Crippen molar-refractivity contribution in [2.45, 2.75) is 38.0 Å². The zero-order valence-corrected chi connectivity index (χ0v) is 15.0. The zero-order chi connectivity index (χ0) is 16.5. The molecule has 0 aliphatic heterocycles. The Labute approximate surface area is 152 Å². The molecule has 4 rings (SSSR count). The normalized spacial score (nSPS) is 21.2. The molecule has 24 heavy (non-hydrogen) atoms. The number of hydrogen-bond donors (Lipinski definition) is 0. The summed E-state index contributed by atoms with van der Waals surface area (Å²) in [5.74, 6) is 1.39. The lowest BCUT2D eigenvalue weighted by molar-refractivity contribution is 0.322. The van der Waals surface area contributed by atoms with Gasteiger partial charge in [0.25, 0.3) is 0 Å². The lowest BCUT2D eigenvalue weighted by Gasteiger charge is -2.29. The largest absolute Gasteiger partial charge is 0.303 e. The molecule has 1 saturated carbocycles. The maximum absolute atomic E-state index is 6.26. The number of pyridine rings is 1. The zero-order valence-electron chi connectivity index (χ0n) is 13.5. The van der Waals surface area contributed by atoms with Gasteiger partial charge in [-0.2, -0.15) is 0 Å². The Hall–Kier alpha value is -1.51. The van der Waals surface area contributed by atoms with E-state index < -0.39 is 0 Å². The summed E-state index contributed by atoms with van der Waals surface area (Å²) >= 11 is 12.3. The molecule has 0 atom stereocenters. The molecule has 2 heterocycles. The van der Waals surface area contributed by atoms with E-state index in [2.05, 4.69) is 27.6 Å². The van der Waals surface area contributed by atoms with Gasteiger partial charge in [-0.05, 0) is 73.8 Å². The maximum Gasteiger partial charge on any atom is 0.0994 e. The average Bonchev–Trinajstić information content (AvgIpc) is 3.05. The topological polar surface area (TPSA) is 17.3 Å². The molecule has 0 unspecified atom stereocenters. The molecule has 0 amide bonds. The summed E-state index contributed by atoms with van der Waals surface area (Å²) in [5.41, 5.74) is 3.77. The highest BCUT2D eigenvalue weighted by Gasteiger charge is 2.23. The summed E-state index contributed by atoms with van der Waals surface area (Å²) in [5, 5.41) is 1.62. The van der Waals surface area contributed by atoms with Gasteiger partial charge in [0.2, 0.25) is 0 Å². The number of imidazole rings is 1. The van der Waals surface area contributed by atoms with Crippen LogP contribution in [0.3, 0.4) is 0 Å². The van der Waals surface area contributed by atoms with Crippen molar-refractivity contribution < 1.29 is 0 Å². The summed E-state index contributed by atoms with van der Waals surface area (Å²) in [6, 6.07) is 12.4. The van der Waals surface area contributed by atoms with Crippen molar-refractivity contribution in [1.29, 1.82) is 0 Å². The summed E-state index contributed by atoms with van der Waals surface area (Å²) in [7, 11) is 0. The van der Waals surface area contributed by atoms with Crippen molar-refractivity contribution >= 4 is 28.7 Å². The third-order valence-corrected chi connectivity index (χ3v) is 5.72. The van der Waals surface area contributed by atoms with Crippen molar-refractivity contribution in [2.24, 2.45) is 5.92 Å². The molecule has 1 aliphatic rings. The van der Waals surface area contributed by atoms with Gasteiger partial charge in [0.15, 0.2) is 0 Å². The fourth-order valence-electron chi connectivity index (χ4n) is 3.95. The number of rotatable bonds is 3. The summed E-state index contributed by atoms with van der Waals surface area (Å²) in [6.07, 6.45) is 9.85. The third kappa shape index (κ3) is 3.31. The van der Waals surface area contributed by atoms with Gasteiger partial charge >= 0.3 is 0 Å². The monoisotopic (exact) mass is 358 g/mol. The Morgan fingerprint density at radius 2 is 1.71 bits per heavy atom. The first-order valence-electron chi connectivity index (χ1n) is 8.55. The molecule has 0 radical (unpaired) electrons. The first kappa shape index (κ1) is 16.0. The second-order valence-corrected chi connectivity index (χ2v) is 7.70. The van der Waals surface area contributed by atoms with Crippen molar-refractivity contribution in [3.8, 4) is 0 Å². The molecule has 0 bridgehead atoms. The van der Waals surface area contributed by atoms with E-state index >= 15 is 0 Å². The standard InChI is InChI=1S/C20H20Cl2N2/c21-17-7-5-16(6-8-17)15-3-1-14(2-4-15)9-19-10-18(22)11-20-12-23-13-24(19)20/h5-8,10-15H,1-4,9H2. The number of aromatic nitrogens is 2. The van der Waals surface area contributed by atoms with Crippen LogP contribution in [0.15, 0.2) is 48.9 Å². The van der Waals surface area contributed by atoms with Crippen LogP contribution in [0.5, 0.6) is 0 Å². The number of benzene rings is 1. The molecule has 3 aromatic rings. The minimum atomic E-state index is 0.672. The molecule has 4 heteroatoms.